The molecular formula is C15H17ClN4O3. The maximum atomic E-state index is 11.9. The number of H-pyrrole nitrogens is 2. The number of rotatable bonds is 5. The number of hydrogen-bond donors (Lipinski definition) is 2. The second kappa shape index (κ2) is 6.25. The summed E-state index contributed by atoms with van der Waals surface area (Å²) in [6.45, 7) is 4.67. The quantitative estimate of drug-likeness (QED) is 0.865. The maximum Gasteiger partial charge on any atom is 0.325 e. The van der Waals surface area contributed by atoms with Crippen LogP contribution in [0.1, 0.15) is 31.7 Å². The summed E-state index contributed by atoms with van der Waals surface area (Å²) in [6.07, 6.45) is 2.49. The Labute approximate surface area is 137 Å². The first-order valence-electron chi connectivity index (χ1n) is 7.42. The predicted molar refractivity (Wildman–Crippen MR) is 85.7 cm³/mol. The monoisotopic (exact) mass is 336 g/mol. The molecule has 1 aliphatic carbocycles. The minimum Gasteiger partial charge on any atom is -0.378 e. The molecule has 0 bridgehead atoms. The van der Waals surface area contributed by atoms with Gasteiger partial charge >= 0.3 is 5.69 Å². The van der Waals surface area contributed by atoms with E-state index in [1.165, 1.54) is 6.20 Å². The van der Waals surface area contributed by atoms with Crippen LogP contribution in [0.4, 0.5) is 0 Å². The Hall–Kier alpha value is -1.99. The molecule has 2 aromatic rings. The SMILES string of the molecule is CC(C)OC[C@H]1C[C@@H]1c1cc(-c2c[nH]c(=O)[nH]c2=O)nnc1Cl. The topological polar surface area (TPSA) is 101 Å². The van der Waals surface area contributed by atoms with Crippen LogP contribution in [-0.2, 0) is 4.74 Å². The van der Waals surface area contributed by atoms with Crippen molar-refractivity contribution in [3.63, 3.8) is 0 Å². The summed E-state index contributed by atoms with van der Waals surface area (Å²) < 4.78 is 5.63. The first kappa shape index (κ1) is 15.9. The normalized spacial score (nSPS) is 20.0. The molecule has 0 spiro atoms. The van der Waals surface area contributed by atoms with Gasteiger partial charge in [-0.3, -0.25) is 9.78 Å². The molecule has 0 aromatic carbocycles. The summed E-state index contributed by atoms with van der Waals surface area (Å²) in [5, 5.41) is 8.23. The van der Waals surface area contributed by atoms with Gasteiger partial charge in [-0.05, 0) is 43.7 Å². The van der Waals surface area contributed by atoms with Crippen LogP contribution in [0.3, 0.4) is 0 Å². The second-order valence-electron chi connectivity index (χ2n) is 5.95. The fourth-order valence-electron chi connectivity index (χ4n) is 2.51. The molecule has 0 radical (unpaired) electrons. The summed E-state index contributed by atoms with van der Waals surface area (Å²) >= 11 is 6.15. The van der Waals surface area contributed by atoms with E-state index in [2.05, 4.69) is 20.2 Å². The average molecular weight is 337 g/mol. The molecule has 2 N–H and O–H groups in total. The summed E-state index contributed by atoms with van der Waals surface area (Å²) in [7, 11) is 0. The summed E-state index contributed by atoms with van der Waals surface area (Å²) in [6, 6.07) is 1.76. The number of halogens is 1. The van der Waals surface area contributed by atoms with Crippen molar-refractivity contribution in [2.45, 2.75) is 32.3 Å². The Kier molecular flexibility index (Phi) is 4.32. The molecule has 23 heavy (non-hydrogen) atoms. The van der Waals surface area contributed by atoms with Gasteiger partial charge in [-0.2, -0.15) is 0 Å². The maximum absolute atomic E-state index is 11.9. The molecule has 1 fully saturated rings. The largest absolute Gasteiger partial charge is 0.378 e. The van der Waals surface area contributed by atoms with Gasteiger partial charge in [0.2, 0.25) is 0 Å². The first-order chi connectivity index (χ1) is 11.0. The minimum absolute atomic E-state index is 0.192. The summed E-state index contributed by atoms with van der Waals surface area (Å²) in [4.78, 5) is 27.6. The van der Waals surface area contributed by atoms with Crippen LogP contribution in [0.25, 0.3) is 11.3 Å². The van der Waals surface area contributed by atoms with Gasteiger partial charge in [0, 0.05) is 6.20 Å². The van der Waals surface area contributed by atoms with Crippen LogP contribution in [0.15, 0.2) is 21.9 Å². The number of ether oxygens (including phenoxy) is 1. The molecule has 3 rings (SSSR count). The van der Waals surface area contributed by atoms with Crippen LogP contribution in [0.5, 0.6) is 0 Å². The van der Waals surface area contributed by atoms with E-state index < -0.39 is 11.2 Å². The van der Waals surface area contributed by atoms with Gasteiger partial charge in [0.05, 0.1) is 18.3 Å². The highest BCUT2D eigenvalue weighted by molar-refractivity contribution is 6.30. The standard InChI is InChI=1S/C15H17ClN4O3/c1-7(2)23-6-8-3-9(8)10-4-12(19-20-13(10)16)11-5-17-15(22)18-14(11)21/h4-5,7-9H,3,6H2,1-2H3,(H2,17,18,21,22)/t8-,9+/m1/s1. The average Bonchev–Trinajstić information content (AvgIpc) is 3.25. The second-order valence-corrected chi connectivity index (χ2v) is 6.30. The molecule has 1 aliphatic rings. The van der Waals surface area contributed by atoms with Crippen molar-refractivity contribution >= 4 is 11.6 Å². The Balaban J connectivity index is 1.86. The van der Waals surface area contributed by atoms with Crippen molar-refractivity contribution in [1.82, 2.24) is 20.2 Å². The number of nitrogens with one attached hydrogen (secondary N) is 2. The van der Waals surface area contributed by atoms with E-state index in [-0.39, 0.29) is 17.6 Å². The smallest absolute Gasteiger partial charge is 0.325 e. The molecule has 0 unspecified atom stereocenters. The van der Waals surface area contributed by atoms with Gasteiger partial charge in [-0.1, -0.05) is 11.6 Å². The first-order valence-corrected chi connectivity index (χ1v) is 7.80. The van der Waals surface area contributed by atoms with E-state index in [0.717, 1.165) is 12.0 Å². The van der Waals surface area contributed by atoms with E-state index in [4.69, 9.17) is 16.3 Å². The third kappa shape index (κ3) is 3.51. The summed E-state index contributed by atoms with van der Waals surface area (Å²) in [5.74, 6) is 0.665. The molecule has 0 saturated heterocycles. The number of aromatic nitrogens is 4. The van der Waals surface area contributed by atoms with Crippen molar-refractivity contribution in [2.75, 3.05) is 6.61 Å². The minimum atomic E-state index is -0.561. The zero-order chi connectivity index (χ0) is 16.6. The highest BCUT2D eigenvalue weighted by atomic mass is 35.5. The molecule has 0 aliphatic heterocycles. The third-order valence-corrected chi connectivity index (χ3v) is 4.13. The third-order valence-electron chi connectivity index (χ3n) is 3.84. The Morgan fingerprint density at radius 2 is 2.17 bits per heavy atom. The van der Waals surface area contributed by atoms with Gasteiger partial charge in [-0.25, -0.2) is 4.79 Å². The van der Waals surface area contributed by atoms with Gasteiger partial charge < -0.3 is 9.72 Å². The zero-order valence-electron chi connectivity index (χ0n) is 12.8. The fourth-order valence-corrected chi connectivity index (χ4v) is 2.74. The van der Waals surface area contributed by atoms with Gasteiger partial charge in [0.1, 0.15) is 5.69 Å². The zero-order valence-corrected chi connectivity index (χ0v) is 13.6. The Bertz CT molecular complexity index is 830. The van der Waals surface area contributed by atoms with E-state index in [9.17, 15) is 9.59 Å². The van der Waals surface area contributed by atoms with Crippen molar-refractivity contribution in [2.24, 2.45) is 5.92 Å². The van der Waals surface area contributed by atoms with Crippen molar-refractivity contribution < 1.29 is 4.74 Å². The fraction of sp³-hybridized carbons (Fsp3) is 0.467. The van der Waals surface area contributed by atoms with Crippen LogP contribution < -0.4 is 11.2 Å². The highest BCUT2D eigenvalue weighted by Crippen LogP contribution is 2.49. The lowest BCUT2D eigenvalue weighted by Gasteiger charge is -2.08. The molecule has 2 heterocycles. The lowest BCUT2D eigenvalue weighted by atomic mass is 10.1. The van der Waals surface area contributed by atoms with Crippen LogP contribution in [0.2, 0.25) is 5.15 Å². The lowest BCUT2D eigenvalue weighted by Crippen LogP contribution is -2.23. The van der Waals surface area contributed by atoms with Crippen molar-refractivity contribution in [1.29, 1.82) is 0 Å². The molecule has 0 amide bonds. The predicted octanol–water partition coefficient (Wildman–Crippen LogP) is 1.70. The van der Waals surface area contributed by atoms with Gasteiger partial charge in [0.15, 0.2) is 5.15 Å². The van der Waals surface area contributed by atoms with E-state index in [0.29, 0.717) is 23.4 Å². The molecule has 7 nitrogen and oxygen atoms in total. The van der Waals surface area contributed by atoms with Crippen LogP contribution in [0, 0.1) is 5.92 Å². The van der Waals surface area contributed by atoms with Crippen LogP contribution >= 0.6 is 11.6 Å². The lowest BCUT2D eigenvalue weighted by molar-refractivity contribution is 0.0697. The Morgan fingerprint density at radius 1 is 1.39 bits per heavy atom. The van der Waals surface area contributed by atoms with Crippen molar-refractivity contribution in [3.05, 3.63) is 43.8 Å². The summed E-state index contributed by atoms with van der Waals surface area (Å²) in [5.41, 5.74) is 0.434. The van der Waals surface area contributed by atoms with Gasteiger partial charge in [-0.15, -0.1) is 10.2 Å². The molecule has 1 saturated carbocycles. The Morgan fingerprint density at radius 3 is 2.87 bits per heavy atom. The van der Waals surface area contributed by atoms with Crippen molar-refractivity contribution in [3.8, 4) is 11.3 Å². The molecule has 2 aromatic heterocycles. The number of hydrogen-bond acceptors (Lipinski definition) is 5. The molecule has 8 heteroatoms. The number of nitrogens with zero attached hydrogens (tertiary/aromatic N) is 2. The van der Waals surface area contributed by atoms with E-state index in [1.807, 2.05) is 13.8 Å². The van der Waals surface area contributed by atoms with Gasteiger partial charge in [0.25, 0.3) is 5.56 Å². The van der Waals surface area contributed by atoms with E-state index >= 15 is 0 Å². The molecule has 122 valence electrons. The molecule has 2 atom stereocenters. The molecular weight excluding hydrogens is 320 g/mol. The van der Waals surface area contributed by atoms with E-state index in [1.54, 1.807) is 6.07 Å². The van der Waals surface area contributed by atoms with Crippen LogP contribution in [-0.4, -0.2) is 32.9 Å². The highest BCUT2D eigenvalue weighted by Gasteiger charge is 2.40. The number of aromatic amines is 2.